The number of hydrogen-bond acceptors (Lipinski definition) is 4. The van der Waals surface area contributed by atoms with Gasteiger partial charge in [-0.3, -0.25) is 14.5 Å². The Morgan fingerprint density at radius 3 is 2.70 bits per heavy atom. The Morgan fingerprint density at radius 2 is 1.96 bits per heavy atom. The van der Waals surface area contributed by atoms with Gasteiger partial charge >= 0.3 is 0 Å². The number of hydrogen-bond donors (Lipinski definition) is 1. The van der Waals surface area contributed by atoms with Gasteiger partial charge in [-0.1, -0.05) is 18.2 Å². The van der Waals surface area contributed by atoms with Crippen molar-refractivity contribution >= 4 is 11.8 Å². The van der Waals surface area contributed by atoms with Crippen molar-refractivity contribution in [2.45, 2.75) is 19.9 Å². The molecule has 0 saturated carbocycles. The number of rotatable bonds is 5. The first-order valence-electron chi connectivity index (χ1n) is 7.96. The van der Waals surface area contributed by atoms with Crippen LogP contribution in [0.5, 0.6) is 5.75 Å². The number of methoxy groups -OCH3 is 1. The van der Waals surface area contributed by atoms with Gasteiger partial charge in [-0.25, -0.2) is 0 Å². The zero-order valence-corrected chi connectivity index (χ0v) is 13.9. The first-order valence-corrected chi connectivity index (χ1v) is 7.96. The highest BCUT2D eigenvalue weighted by Gasteiger charge is 2.18. The highest BCUT2D eigenvalue weighted by atomic mass is 16.5. The number of ether oxygens (including phenoxy) is 1. The van der Waals surface area contributed by atoms with Crippen LogP contribution in [0.2, 0.25) is 0 Å². The predicted octanol–water partition coefficient (Wildman–Crippen LogP) is 0.866. The molecule has 2 rings (SSSR count). The summed E-state index contributed by atoms with van der Waals surface area (Å²) in [7, 11) is 1.62. The van der Waals surface area contributed by atoms with E-state index >= 15 is 0 Å². The number of carbonyl (C=O) groups is 2. The van der Waals surface area contributed by atoms with Crippen molar-refractivity contribution in [1.29, 1.82) is 0 Å². The monoisotopic (exact) mass is 319 g/mol. The lowest BCUT2D eigenvalue weighted by atomic mass is 10.2. The summed E-state index contributed by atoms with van der Waals surface area (Å²) < 4.78 is 5.28. The normalized spacial score (nSPS) is 15.8. The van der Waals surface area contributed by atoms with Crippen LogP contribution >= 0.6 is 0 Å². The van der Waals surface area contributed by atoms with Crippen molar-refractivity contribution in [2.75, 3.05) is 39.8 Å². The minimum Gasteiger partial charge on any atom is -0.496 e. The molecule has 6 heteroatoms. The van der Waals surface area contributed by atoms with Gasteiger partial charge in [0.15, 0.2) is 0 Å². The van der Waals surface area contributed by atoms with Crippen molar-refractivity contribution in [2.24, 2.45) is 0 Å². The molecule has 23 heavy (non-hydrogen) atoms. The van der Waals surface area contributed by atoms with Crippen molar-refractivity contribution in [3.8, 4) is 5.75 Å². The van der Waals surface area contributed by atoms with Crippen LogP contribution in [0.25, 0.3) is 0 Å². The van der Waals surface area contributed by atoms with Gasteiger partial charge in [0.25, 0.3) is 0 Å². The predicted molar refractivity (Wildman–Crippen MR) is 88.2 cm³/mol. The molecule has 0 aromatic heterocycles. The van der Waals surface area contributed by atoms with E-state index in [0.29, 0.717) is 19.6 Å². The summed E-state index contributed by atoms with van der Waals surface area (Å²) in [5, 5.41) is 2.93. The Hall–Kier alpha value is -2.08. The molecule has 1 aliphatic rings. The summed E-state index contributed by atoms with van der Waals surface area (Å²) in [5.41, 5.74) is 0.960. The topological polar surface area (TPSA) is 61.9 Å². The number of nitrogens with one attached hydrogen (secondary N) is 1. The molecule has 0 aliphatic carbocycles. The molecule has 1 fully saturated rings. The van der Waals surface area contributed by atoms with E-state index in [9.17, 15) is 9.59 Å². The van der Waals surface area contributed by atoms with Crippen molar-refractivity contribution in [3.05, 3.63) is 29.8 Å². The van der Waals surface area contributed by atoms with Crippen LogP contribution in [0.15, 0.2) is 24.3 Å². The van der Waals surface area contributed by atoms with E-state index in [0.717, 1.165) is 37.4 Å². The zero-order valence-electron chi connectivity index (χ0n) is 13.9. The van der Waals surface area contributed by atoms with Crippen LogP contribution in [0.1, 0.15) is 18.9 Å². The van der Waals surface area contributed by atoms with E-state index in [1.807, 2.05) is 29.2 Å². The zero-order chi connectivity index (χ0) is 16.7. The molecule has 1 aromatic carbocycles. The number of amides is 2. The average Bonchev–Trinajstić information content (AvgIpc) is 2.79. The van der Waals surface area contributed by atoms with Crippen molar-refractivity contribution in [1.82, 2.24) is 15.1 Å². The standard InChI is InChI=1S/C17H25N3O3/c1-14(21)20-9-5-8-19(10-11-20)13-17(22)18-12-15-6-3-4-7-16(15)23-2/h3-4,6-7H,5,8-13H2,1-2H3,(H,18,22). The fourth-order valence-electron chi connectivity index (χ4n) is 2.75. The molecule has 0 radical (unpaired) electrons. The Bertz CT molecular complexity index is 548. The maximum Gasteiger partial charge on any atom is 0.234 e. The van der Waals surface area contributed by atoms with Crippen LogP contribution in [0.4, 0.5) is 0 Å². The number of benzene rings is 1. The lowest BCUT2D eigenvalue weighted by Crippen LogP contribution is -2.39. The Kier molecular flexibility index (Phi) is 6.40. The van der Waals surface area contributed by atoms with Crippen LogP contribution in [-0.4, -0.2) is 61.4 Å². The minimum absolute atomic E-state index is 0.00724. The number of para-hydroxylation sites is 1. The van der Waals surface area contributed by atoms with E-state index in [-0.39, 0.29) is 11.8 Å². The SMILES string of the molecule is COc1ccccc1CNC(=O)CN1CCCN(C(C)=O)CC1. The Balaban J connectivity index is 1.79. The maximum absolute atomic E-state index is 12.1. The summed E-state index contributed by atoms with van der Waals surface area (Å²) in [5.74, 6) is 0.874. The van der Waals surface area contributed by atoms with E-state index in [4.69, 9.17) is 4.74 Å². The Morgan fingerprint density at radius 1 is 1.17 bits per heavy atom. The first-order chi connectivity index (χ1) is 11.1. The van der Waals surface area contributed by atoms with Crippen LogP contribution in [0, 0.1) is 0 Å². The second-order valence-corrected chi connectivity index (χ2v) is 5.72. The van der Waals surface area contributed by atoms with Gasteiger partial charge in [0, 0.05) is 45.2 Å². The minimum atomic E-state index is -0.00724. The molecule has 126 valence electrons. The molecular weight excluding hydrogens is 294 g/mol. The fraction of sp³-hybridized carbons (Fsp3) is 0.529. The molecule has 0 atom stereocenters. The van der Waals surface area contributed by atoms with E-state index < -0.39 is 0 Å². The second-order valence-electron chi connectivity index (χ2n) is 5.72. The van der Waals surface area contributed by atoms with Gasteiger partial charge in [-0.2, -0.15) is 0 Å². The summed E-state index contributed by atoms with van der Waals surface area (Å²) in [6.07, 6.45) is 0.902. The molecule has 1 aliphatic heterocycles. The lowest BCUT2D eigenvalue weighted by molar-refractivity contribution is -0.128. The Labute approximate surface area is 137 Å². The molecule has 0 spiro atoms. The molecule has 0 bridgehead atoms. The highest BCUT2D eigenvalue weighted by Crippen LogP contribution is 2.16. The molecule has 1 N–H and O–H groups in total. The third-order valence-electron chi connectivity index (χ3n) is 4.07. The fourth-order valence-corrected chi connectivity index (χ4v) is 2.75. The third kappa shape index (κ3) is 5.25. The van der Waals surface area contributed by atoms with Crippen molar-refractivity contribution < 1.29 is 14.3 Å². The molecule has 1 heterocycles. The summed E-state index contributed by atoms with van der Waals surface area (Å²) in [6, 6.07) is 7.65. The van der Waals surface area contributed by atoms with Gasteiger partial charge in [0.05, 0.1) is 13.7 Å². The number of carbonyl (C=O) groups excluding carboxylic acids is 2. The maximum atomic E-state index is 12.1. The smallest absolute Gasteiger partial charge is 0.234 e. The molecule has 2 amide bonds. The average molecular weight is 319 g/mol. The molecule has 0 unspecified atom stereocenters. The van der Waals surface area contributed by atoms with Gasteiger partial charge in [-0.05, 0) is 12.5 Å². The molecule has 6 nitrogen and oxygen atoms in total. The van der Waals surface area contributed by atoms with E-state index in [1.165, 1.54) is 0 Å². The van der Waals surface area contributed by atoms with Crippen LogP contribution in [-0.2, 0) is 16.1 Å². The number of nitrogens with zero attached hydrogens (tertiary/aromatic N) is 2. The summed E-state index contributed by atoms with van der Waals surface area (Å²) in [6.45, 7) is 5.45. The quantitative estimate of drug-likeness (QED) is 0.875. The molecular formula is C17H25N3O3. The van der Waals surface area contributed by atoms with Gasteiger partial charge in [0.1, 0.15) is 5.75 Å². The largest absolute Gasteiger partial charge is 0.496 e. The van der Waals surface area contributed by atoms with Crippen molar-refractivity contribution in [3.63, 3.8) is 0 Å². The van der Waals surface area contributed by atoms with E-state index in [1.54, 1.807) is 14.0 Å². The lowest BCUT2D eigenvalue weighted by Gasteiger charge is -2.20. The van der Waals surface area contributed by atoms with Crippen LogP contribution < -0.4 is 10.1 Å². The first kappa shape index (κ1) is 17.3. The highest BCUT2D eigenvalue weighted by molar-refractivity contribution is 5.78. The summed E-state index contributed by atoms with van der Waals surface area (Å²) >= 11 is 0. The molecule has 1 aromatic rings. The van der Waals surface area contributed by atoms with Gasteiger partial charge < -0.3 is 15.0 Å². The molecule has 1 saturated heterocycles. The van der Waals surface area contributed by atoms with Gasteiger partial charge in [0.2, 0.25) is 11.8 Å². The van der Waals surface area contributed by atoms with Crippen LogP contribution in [0.3, 0.4) is 0 Å². The summed E-state index contributed by atoms with van der Waals surface area (Å²) in [4.78, 5) is 27.5. The van der Waals surface area contributed by atoms with E-state index in [2.05, 4.69) is 10.2 Å². The van der Waals surface area contributed by atoms with Gasteiger partial charge in [-0.15, -0.1) is 0 Å². The second kappa shape index (κ2) is 8.53. The third-order valence-corrected chi connectivity index (χ3v) is 4.07.